The molecule has 6 atom stereocenters. The van der Waals surface area contributed by atoms with E-state index < -0.39 is 23.3 Å². The van der Waals surface area contributed by atoms with E-state index >= 15 is 0 Å². The minimum Gasteiger partial charge on any atom is -0.377 e. The zero-order valence-corrected chi connectivity index (χ0v) is 20.1. The fourth-order valence-electron chi connectivity index (χ4n) is 7.84. The van der Waals surface area contributed by atoms with Crippen molar-refractivity contribution in [2.75, 3.05) is 6.61 Å². The lowest BCUT2D eigenvalue weighted by molar-refractivity contribution is -0.152. The van der Waals surface area contributed by atoms with Crippen LogP contribution < -0.4 is 5.48 Å². The average Bonchev–Trinajstić information content (AvgIpc) is 3.29. The Hall–Kier alpha value is -2.43. The van der Waals surface area contributed by atoms with Crippen molar-refractivity contribution in [3.05, 3.63) is 23.4 Å². The van der Waals surface area contributed by atoms with Gasteiger partial charge in [0.2, 0.25) is 11.8 Å². The number of allylic oxidation sites excluding steroid dienone is 3. The Bertz CT molecular complexity index is 1020. The van der Waals surface area contributed by atoms with Gasteiger partial charge >= 0.3 is 0 Å². The van der Waals surface area contributed by atoms with Gasteiger partial charge in [0.1, 0.15) is 5.60 Å². The van der Waals surface area contributed by atoms with Gasteiger partial charge in [-0.1, -0.05) is 31.4 Å². The van der Waals surface area contributed by atoms with Gasteiger partial charge in [-0.3, -0.25) is 24.7 Å². The number of terminal acetylenes is 1. The second-order valence-corrected chi connectivity index (χ2v) is 11.3. The van der Waals surface area contributed by atoms with Gasteiger partial charge in [0, 0.05) is 18.3 Å². The maximum atomic E-state index is 12.2. The number of nitrogens with zero attached hydrogens (tertiary/aromatic N) is 1. The molecule has 2 N–H and O–H groups in total. The number of imide groups is 3. The molecule has 7 heteroatoms. The lowest BCUT2D eigenvalue weighted by Gasteiger charge is -2.58. The summed E-state index contributed by atoms with van der Waals surface area (Å²) < 4.78 is 0. The van der Waals surface area contributed by atoms with E-state index in [1.54, 1.807) is 0 Å². The Balaban J connectivity index is 1.23. The largest absolute Gasteiger partial charge is 0.377 e. The van der Waals surface area contributed by atoms with Gasteiger partial charge < -0.3 is 5.11 Å². The van der Waals surface area contributed by atoms with Gasteiger partial charge in [0.15, 0.2) is 6.61 Å². The zero-order chi connectivity index (χ0) is 24.3. The predicted molar refractivity (Wildman–Crippen MR) is 124 cm³/mol. The lowest BCUT2D eigenvalue weighted by Crippen LogP contribution is -2.54. The molecule has 7 nitrogen and oxygen atoms in total. The highest BCUT2D eigenvalue weighted by atomic mass is 16.6. The van der Waals surface area contributed by atoms with Crippen LogP contribution in [0.3, 0.4) is 0 Å². The Labute approximate surface area is 200 Å². The van der Waals surface area contributed by atoms with Crippen molar-refractivity contribution >= 4 is 17.7 Å². The number of likely N-dealkylation sites (tertiary alicyclic amines) is 1. The van der Waals surface area contributed by atoms with Crippen molar-refractivity contribution in [2.45, 2.75) is 77.2 Å². The molecule has 5 aliphatic rings. The topological polar surface area (TPSA) is 95.9 Å². The van der Waals surface area contributed by atoms with Gasteiger partial charge in [-0.2, -0.15) is 0 Å². The predicted octanol–water partition coefficient (Wildman–Crippen LogP) is 3.00. The van der Waals surface area contributed by atoms with E-state index in [2.05, 4.69) is 37.4 Å². The first-order valence-corrected chi connectivity index (χ1v) is 12.5. The molecule has 0 bridgehead atoms. The van der Waals surface area contributed by atoms with Crippen molar-refractivity contribution in [3.63, 3.8) is 0 Å². The normalized spacial score (nSPS) is 41.1. The lowest BCUT2D eigenvalue weighted by atomic mass is 9.47. The minimum absolute atomic E-state index is 0.0660. The highest BCUT2D eigenvalue weighted by Crippen LogP contribution is 2.67. The van der Waals surface area contributed by atoms with Crippen LogP contribution in [0.25, 0.3) is 0 Å². The quantitative estimate of drug-likeness (QED) is 0.376. The third-order valence-corrected chi connectivity index (χ3v) is 9.89. The summed E-state index contributed by atoms with van der Waals surface area (Å²) >= 11 is 0. The van der Waals surface area contributed by atoms with Crippen molar-refractivity contribution < 1.29 is 24.3 Å². The van der Waals surface area contributed by atoms with Crippen molar-refractivity contribution in [1.82, 2.24) is 10.4 Å². The molecule has 0 unspecified atom stereocenters. The molecule has 1 saturated heterocycles. The Morgan fingerprint density at radius 3 is 2.59 bits per heavy atom. The number of amides is 3. The molecular weight excluding hydrogens is 432 g/mol. The second kappa shape index (κ2) is 8.07. The van der Waals surface area contributed by atoms with E-state index in [-0.39, 0.29) is 30.3 Å². The summed E-state index contributed by atoms with van der Waals surface area (Å²) in [6.07, 6.45) is 16.9. The highest BCUT2D eigenvalue weighted by Gasteiger charge is 2.63. The summed E-state index contributed by atoms with van der Waals surface area (Å²) in [6.45, 7) is 4.19. The van der Waals surface area contributed by atoms with E-state index in [0.29, 0.717) is 29.1 Å². The number of aliphatic hydroxyl groups is 1. The van der Waals surface area contributed by atoms with Crippen LogP contribution in [0, 0.1) is 40.9 Å². The van der Waals surface area contributed by atoms with Crippen molar-refractivity contribution in [3.8, 4) is 12.3 Å². The van der Waals surface area contributed by atoms with Crippen LogP contribution in [-0.2, 0) is 19.2 Å². The van der Waals surface area contributed by atoms with Crippen LogP contribution >= 0.6 is 0 Å². The maximum Gasteiger partial charge on any atom is 0.264 e. The highest BCUT2D eigenvalue weighted by molar-refractivity contribution is 6.15. The molecule has 3 saturated carbocycles. The Morgan fingerprint density at radius 1 is 1.18 bits per heavy atom. The first kappa shape index (κ1) is 23.3. The van der Waals surface area contributed by atoms with E-state index in [4.69, 9.17) is 11.3 Å². The molecule has 1 heterocycles. The molecule has 182 valence electrons. The fraction of sp³-hybridized carbons (Fsp3) is 0.667. The molecule has 5 rings (SSSR count). The number of hydrogen-bond acceptors (Lipinski definition) is 6. The monoisotopic (exact) mass is 466 g/mol. The van der Waals surface area contributed by atoms with Crippen molar-refractivity contribution in [1.29, 1.82) is 0 Å². The van der Waals surface area contributed by atoms with Gasteiger partial charge in [-0.05, 0) is 74.2 Å². The summed E-state index contributed by atoms with van der Waals surface area (Å²) in [4.78, 5) is 41.6. The number of carbonyl (C=O) groups is 3. The number of fused-ring (bicyclic) bond motifs is 5. The molecule has 4 fully saturated rings. The minimum atomic E-state index is -0.984. The third kappa shape index (κ3) is 3.30. The summed E-state index contributed by atoms with van der Waals surface area (Å²) in [5, 5.41) is 11.2. The molecule has 0 aromatic heterocycles. The molecule has 4 aliphatic carbocycles. The summed E-state index contributed by atoms with van der Waals surface area (Å²) in [7, 11) is 0. The smallest absolute Gasteiger partial charge is 0.264 e. The first-order valence-electron chi connectivity index (χ1n) is 12.5. The number of nitrogens with one attached hydrogen (secondary N) is 1. The van der Waals surface area contributed by atoms with E-state index in [9.17, 15) is 19.5 Å². The van der Waals surface area contributed by atoms with Crippen LogP contribution in [0.2, 0.25) is 0 Å². The molecule has 3 amide bonds. The van der Waals surface area contributed by atoms with Crippen LogP contribution in [-0.4, -0.2) is 39.9 Å². The van der Waals surface area contributed by atoms with Crippen LogP contribution in [0.1, 0.15) is 71.6 Å². The third-order valence-electron chi connectivity index (χ3n) is 9.89. The molecule has 1 aliphatic heterocycles. The maximum absolute atomic E-state index is 12.2. The van der Waals surface area contributed by atoms with E-state index in [1.807, 2.05) is 0 Å². The van der Waals surface area contributed by atoms with Crippen molar-refractivity contribution in [2.24, 2.45) is 28.6 Å². The average molecular weight is 467 g/mol. The standard InChI is InChI=1S/C27H34N2O5/c1-4-27(33)14-11-21-19-6-5-17-15-18(9-12-25(17,2)20(19)10-13-26(21,27)3)28-34-16-24(32)29-22(30)7-8-23(29)31/h1,9,15,19-21,28,33H,5-8,10-14,16H2,2-3H3/t19-,20-,21-,25-,26+,27+/m1/s1. The van der Waals surface area contributed by atoms with Gasteiger partial charge in [-0.15, -0.1) is 6.42 Å². The molecular formula is C27H34N2O5. The summed E-state index contributed by atoms with van der Waals surface area (Å²) in [5.41, 5.74) is 3.93. The summed E-state index contributed by atoms with van der Waals surface area (Å²) in [6, 6.07) is 0. The zero-order valence-electron chi connectivity index (χ0n) is 20.1. The van der Waals surface area contributed by atoms with E-state index in [0.717, 1.165) is 44.2 Å². The van der Waals surface area contributed by atoms with Gasteiger partial charge in [0.25, 0.3) is 5.91 Å². The van der Waals surface area contributed by atoms with Crippen LogP contribution in [0.15, 0.2) is 23.4 Å². The fourth-order valence-corrected chi connectivity index (χ4v) is 7.84. The Morgan fingerprint density at radius 2 is 1.88 bits per heavy atom. The van der Waals surface area contributed by atoms with Crippen LogP contribution in [0.5, 0.6) is 0 Å². The number of rotatable bonds is 4. The number of carbonyl (C=O) groups excluding carboxylic acids is 3. The van der Waals surface area contributed by atoms with Crippen LogP contribution in [0.4, 0.5) is 0 Å². The molecule has 34 heavy (non-hydrogen) atoms. The molecule has 0 radical (unpaired) electrons. The molecule has 0 spiro atoms. The SMILES string of the molecule is C#C[C@]1(O)CC[C@@H]2[C@@H]3CCC4=CC(NOCC(=O)N5C(=O)CCC5=O)=CC[C@@]4(C)[C@@H]3CC[C@@]21C. The Kier molecular flexibility index (Phi) is 5.53. The number of hydroxylamine groups is 1. The number of hydrogen-bond donors (Lipinski definition) is 2. The van der Waals surface area contributed by atoms with Gasteiger partial charge in [-0.25, -0.2) is 4.90 Å². The summed E-state index contributed by atoms with van der Waals surface area (Å²) in [5.74, 6) is 2.76. The van der Waals surface area contributed by atoms with Gasteiger partial charge in [0.05, 0.1) is 5.70 Å². The first-order chi connectivity index (χ1) is 16.1. The second-order valence-electron chi connectivity index (χ2n) is 11.3. The molecule has 0 aromatic carbocycles. The molecule has 0 aromatic rings. The van der Waals surface area contributed by atoms with E-state index in [1.165, 1.54) is 5.57 Å².